The summed E-state index contributed by atoms with van der Waals surface area (Å²) in [7, 11) is 1.62. The van der Waals surface area contributed by atoms with Crippen molar-refractivity contribution in [1.82, 2.24) is 0 Å². The lowest BCUT2D eigenvalue weighted by Crippen LogP contribution is -2.25. The highest BCUT2D eigenvalue weighted by Gasteiger charge is 2.18. The second-order valence-corrected chi connectivity index (χ2v) is 6.88. The first-order valence-corrected chi connectivity index (χ1v) is 9.54. The molecule has 1 amide bonds. The molecule has 0 fully saturated rings. The Morgan fingerprint density at radius 3 is 2.71 bits per heavy atom. The lowest BCUT2D eigenvalue weighted by atomic mass is 10.1. The number of fused-ring (bicyclic) bond motifs is 2. The molecule has 0 aliphatic carbocycles. The highest BCUT2D eigenvalue weighted by atomic mass is 16.5. The fourth-order valence-corrected chi connectivity index (χ4v) is 3.16. The smallest absolute Gasteiger partial charge is 0.331 e. The average molecular weight is 417 g/mol. The van der Waals surface area contributed by atoms with Crippen molar-refractivity contribution in [1.29, 1.82) is 0 Å². The Morgan fingerprint density at radius 2 is 1.87 bits per heavy atom. The van der Waals surface area contributed by atoms with Crippen molar-refractivity contribution < 1.29 is 28.6 Å². The summed E-state index contributed by atoms with van der Waals surface area (Å²) in [6, 6.07) is 16.1. The molecule has 7 heteroatoms. The van der Waals surface area contributed by atoms with E-state index in [1.165, 1.54) is 12.1 Å². The summed E-state index contributed by atoms with van der Waals surface area (Å²) in [6.07, 6.45) is 2.90. The summed E-state index contributed by atoms with van der Waals surface area (Å²) < 4.78 is 15.5. The van der Waals surface area contributed by atoms with Gasteiger partial charge in [-0.2, -0.15) is 0 Å². The van der Waals surface area contributed by atoms with Crippen LogP contribution in [0.3, 0.4) is 0 Å². The number of hydrogen-bond donors (Lipinski definition) is 1. The molecule has 4 rings (SSSR count). The topological polar surface area (TPSA) is 90.9 Å². The zero-order valence-corrected chi connectivity index (χ0v) is 16.7. The Kier molecular flexibility index (Phi) is 5.66. The number of rotatable bonds is 6. The van der Waals surface area contributed by atoms with Gasteiger partial charge in [-0.05, 0) is 58.8 Å². The van der Waals surface area contributed by atoms with Gasteiger partial charge in [0, 0.05) is 11.6 Å². The van der Waals surface area contributed by atoms with Crippen LogP contribution < -0.4 is 14.8 Å². The van der Waals surface area contributed by atoms with Crippen LogP contribution in [0.4, 0.5) is 5.69 Å². The second-order valence-electron chi connectivity index (χ2n) is 6.88. The van der Waals surface area contributed by atoms with Crippen LogP contribution in [0.15, 0.2) is 60.7 Å². The number of hydrogen-bond acceptors (Lipinski definition) is 6. The minimum absolute atomic E-state index is 0.0599. The molecule has 3 aromatic rings. The molecule has 0 bridgehead atoms. The number of carbonyl (C=O) groups excluding carboxylic acids is 3. The van der Waals surface area contributed by atoms with Gasteiger partial charge in [0.15, 0.2) is 19.0 Å². The Hall–Kier alpha value is -4.13. The van der Waals surface area contributed by atoms with Gasteiger partial charge in [0.25, 0.3) is 5.91 Å². The van der Waals surface area contributed by atoms with E-state index < -0.39 is 12.6 Å². The molecule has 156 valence electrons. The van der Waals surface area contributed by atoms with Crippen molar-refractivity contribution in [3.8, 4) is 11.5 Å². The minimum Gasteiger partial charge on any atom is -0.497 e. The van der Waals surface area contributed by atoms with Crippen LogP contribution >= 0.6 is 0 Å². The van der Waals surface area contributed by atoms with Crippen molar-refractivity contribution in [2.24, 2.45) is 0 Å². The maximum absolute atomic E-state index is 12.3. The number of benzene rings is 3. The van der Waals surface area contributed by atoms with Gasteiger partial charge in [0.2, 0.25) is 0 Å². The molecule has 1 aliphatic heterocycles. The number of methoxy groups -OCH3 is 1. The fraction of sp³-hybridized carbons (Fsp3) is 0.125. The molecule has 0 unspecified atom stereocenters. The molecule has 3 aromatic carbocycles. The monoisotopic (exact) mass is 417 g/mol. The zero-order valence-electron chi connectivity index (χ0n) is 16.7. The molecule has 31 heavy (non-hydrogen) atoms. The summed E-state index contributed by atoms with van der Waals surface area (Å²) in [6.45, 7) is -0.468. The first kappa shape index (κ1) is 20.2. The van der Waals surface area contributed by atoms with E-state index in [-0.39, 0.29) is 18.3 Å². The molecule has 0 saturated carbocycles. The van der Waals surface area contributed by atoms with E-state index in [0.717, 1.165) is 22.1 Å². The largest absolute Gasteiger partial charge is 0.497 e. The average Bonchev–Trinajstić information content (AvgIpc) is 2.80. The third-order valence-corrected chi connectivity index (χ3v) is 4.76. The van der Waals surface area contributed by atoms with Gasteiger partial charge >= 0.3 is 5.97 Å². The normalized spacial score (nSPS) is 12.7. The van der Waals surface area contributed by atoms with Crippen LogP contribution in [-0.4, -0.2) is 38.0 Å². The van der Waals surface area contributed by atoms with Crippen LogP contribution in [0.1, 0.15) is 15.9 Å². The van der Waals surface area contributed by atoms with Crippen molar-refractivity contribution >= 4 is 40.2 Å². The van der Waals surface area contributed by atoms with Crippen molar-refractivity contribution in [2.75, 3.05) is 25.6 Å². The summed E-state index contributed by atoms with van der Waals surface area (Å²) in [5.41, 5.74) is 1.56. The minimum atomic E-state index is -0.627. The maximum Gasteiger partial charge on any atom is 0.331 e. The van der Waals surface area contributed by atoms with Gasteiger partial charge in [-0.3, -0.25) is 9.59 Å². The predicted molar refractivity (Wildman–Crippen MR) is 115 cm³/mol. The maximum atomic E-state index is 12.3. The first-order chi connectivity index (χ1) is 15.0. The SMILES string of the molecule is COc1ccc2cc(/C=C/C(=O)OCC(=O)c3ccc4c(c3)NC(=O)CO4)ccc2c1. The summed E-state index contributed by atoms with van der Waals surface area (Å²) in [4.78, 5) is 35.8. The number of Topliss-reactive ketones (excluding diaryl/α,β-unsaturated/α-hetero) is 1. The summed E-state index contributed by atoms with van der Waals surface area (Å²) >= 11 is 0. The van der Waals surface area contributed by atoms with E-state index in [2.05, 4.69) is 5.32 Å². The lowest BCUT2D eigenvalue weighted by Gasteiger charge is -2.18. The van der Waals surface area contributed by atoms with Gasteiger partial charge in [-0.15, -0.1) is 0 Å². The predicted octanol–water partition coefficient (Wildman–Crippen LogP) is 3.62. The molecule has 0 spiro atoms. The second kappa shape index (κ2) is 8.71. The number of ketones is 1. The molecular weight excluding hydrogens is 398 g/mol. The first-order valence-electron chi connectivity index (χ1n) is 9.54. The molecular formula is C24H19NO6. The van der Waals surface area contributed by atoms with Crippen molar-refractivity contribution in [2.45, 2.75) is 0 Å². The van der Waals surface area contributed by atoms with Crippen LogP contribution in [0.2, 0.25) is 0 Å². The summed E-state index contributed by atoms with van der Waals surface area (Å²) in [5, 5.41) is 4.67. The van der Waals surface area contributed by atoms with Crippen LogP contribution in [0.25, 0.3) is 16.8 Å². The zero-order chi connectivity index (χ0) is 21.8. The molecule has 7 nitrogen and oxygen atoms in total. The Morgan fingerprint density at radius 1 is 1.06 bits per heavy atom. The molecule has 0 aromatic heterocycles. The van der Waals surface area contributed by atoms with Gasteiger partial charge in [-0.1, -0.05) is 18.2 Å². The van der Waals surface area contributed by atoms with Crippen LogP contribution in [-0.2, 0) is 14.3 Å². The molecule has 0 radical (unpaired) electrons. The van der Waals surface area contributed by atoms with E-state index >= 15 is 0 Å². The Labute approximate surface area is 178 Å². The van der Waals surface area contributed by atoms with Crippen LogP contribution in [0, 0.1) is 0 Å². The van der Waals surface area contributed by atoms with E-state index in [1.807, 2.05) is 36.4 Å². The lowest BCUT2D eigenvalue weighted by molar-refractivity contribution is -0.136. The van der Waals surface area contributed by atoms with E-state index in [1.54, 1.807) is 25.3 Å². The van der Waals surface area contributed by atoms with Crippen molar-refractivity contribution in [3.05, 3.63) is 71.8 Å². The molecule has 1 heterocycles. The Balaban J connectivity index is 1.36. The van der Waals surface area contributed by atoms with Crippen molar-refractivity contribution in [3.63, 3.8) is 0 Å². The summed E-state index contributed by atoms with van der Waals surface area (Å²) in [5.74, 6) is -0.0360. The molecule has 1 aliphatic rings. The highest BCUT2D eigenvalue weighted by Crippen LogP contribution is 2.28. The van der Waals surface area contributed by atoms with E-state index in [0.29, 0.717) is 17.0 Å². The number of carbonyl (C=O) groups is 3. The van der Waals surface area contributed by atoms with Crippen LogP contribution in [0.5, 0.6) is 11.5 Å². The number of nitrogens with one attached hydrogen (secondary N) is 1. The number of esters is 1. The number of anilines is 1. The third kappa shape index (κ3) is 4.72. The van der Waals surface area contributed by atoms with Gasteiger partial charge in [0.05, 0.1) is 12.8 Å². The van der Waals surface area contributed by atoms with Gasteiger partial charge in [-0.25, -0.2) is 4.79 Å². The fourth-order valence-electron chi connectivity index (χ4n) is 3.16. The quantitative estimate of drug-likeness (QED) is 0.374. The molecule has 0 saturated heterocycles. The van der Waals surface area contributed by atoms with E-state index in [4.69, 9.17) is 14.2 Å². The Bertz CT molecular complexity index is 1210. The van der Waals surface area contributed by atoms with Gasteiger partial charge < -0.3 is 19.5 Å². The third-order valence-electron chi connectivity index (χ3n) is 4.76. The molecule has 0 atom stereocenters. The molecule has 1 N–H and O–H groups in total. The highest BCUT2D eigenvalue weighted by molar-refractivity contribution is 6.02. The van der Waals surface area contributed by atoms with Gasteiger partial charge in [0.1, 0.15) is 11.5 Å². The number of ether oxygens (including phenoxy) is 3. The standard InChI is InChI=1S/C24H19NO6/c1-29-19-7-5-16-10-15(2-4-17(16)11-19)3-9-24(28)31-13-21(26)18-6-8-22-20(12-18)25-23(27)14-30-22/h2-12H,13-14H2,1H3,(H,25,27)/b9-3+. The number of amides is 1. The van der Waals surface area contributed by atoms with E-state index in [9.17, 15) is 14.4 Å².